The Bertz CT molecular complexity index is 571. The molecular formula is C10H12ClNO4S2. The molecule has 0 unspecified atom stereocenters. The van der Waals surface area contributed by atoms with E-state index < -0.39 is 15.8 Å². The lowest BCUT2D eigenvalue weighted by molar-refractivity contribution is 0.0693. The van der Waals surface area contributed by atoms with Gasteiger partial charge >= 0.3 is 5.97 Å². The van der Waals surface area contributed by atoms with E-state index in [0.29, 0.717) is 4.90 Å². The second-order valence-electron chi connectivity index (χ2n) is 3.66. The van der Waals surface area contributed by atoms with Crippen LogP contribution in [0, 0.1) is 0 Å². The SMILES string of the molecule is CS(=O)(=O)CCSc1c(Cl)cc(N)cc1C(=O)O. The fraction of sp³-hybridized carbons (Fsp3) is 0.300. The van der Waals surface area contributed by atoms with Gasteiger partial charge in [0.2, 0.25) is 0 Å². The molecule has 1 aromatic carbocycles. The van der Waals surface area contributed by atoms with Crippen LogP contribution in [-0.2, 0) is 9.84 Å². The number of carbonyl (C=O) groups is 1. The number of sulfone groups is 1. The lowest BCUT2D eigenvalue weighted by atomic mass is 10.2. The van der Waals surface area contributed by atoms with Crippen LogP contribution in [0.25, 0.3) is 0 Å². The predicted octanol–water partition coefficient (Wildman–Crippen LogP) is 1.76. The van der Waals surface area contributed by atoms with Crippen LogP contribution >= 0.6 is 23.4 Å². The third-order valence-corrected chi connectivity index (χ3v) is 4.75. The largest absolute Gasteiger partial charge is 0.478 e. The van der Waals surface area contributed by atoms with Gasteiger partial charge in [-0.2, -0.15) is 0 Å². The van der Waals surface area contributed by atoms with Gasteiger partial charge in [-0.25, -0.2) is 13.2 Å². The first-order chi connectivity index (χ1) is 8.20. The van der Waals surface area contributed by atoms with Crippen molar-refractivity contribution in [2.45, 2.75) is 4.90 Å². The molecule has 0 saturated heterocycles. The van der Waals surface area contributed by atoms with Crippen molar-refractivity contribution in [3.8, 4) is 0 Å². The molecule has 0 aliphatic rings. The summed E-state index contributed by atoms with van der Waals surface area (Å²) in [7, 11) is -3.08. The first kappa shape index (κ1) is 15.1. The summed E-state index contributed by atoms with van der Waals surface area (Å²) in [5.41, 5.74) is 5.75. The van der Waals surface area contributed by atoms with Crippen molar-refractivity contribution in [2.75, 3.05) is 23.5 Å². The van der Waals surface area contributed by atoms with E-state index in [2.05, 4.69) is 0 Å². The Morgan fingerprint density at radius 3 is 2.61 bits per heavy atom. The number of halogens is 1. The van der Waals surface area contributed by atoms with Crippen LogP contribution in [0.5, 0.6) is 0 Å². The van der Waals surface area contributed by atoms with Crippen LogP contribution in [0.15, 0.2) is 17.0 Å². The minimum absolute atomic E-state index is 0.0153. The van der Waals surface area contributed by atoms with Crippen molar-refractivity contribution < 1.29 is 18.3 Å². The Morgan fingerprint density at radius 1 is 1.50 bits per heavy atom. The Hall–Kier alpha value is -0.920. The van der Waals surface area contributed by atoms with E-state index in [4.69, 9.17) is 22.4 Å². The maximum Gasteiger partial charge on any atom is 0.336 e. The number of anilines is 1. The highest BCUT2D eigenvalue weighted by atomic mass is 35.5. The Labute approximate surface area is 114 Å². The first-order valence-corrected chi connectivity index (χ1v) is 8.26. The van der Waals surface area contributed by atoms with E-state index in [1.165, 1.54) is 12.1 Å². The summed E-state index contributed by atoms with van der Waals surface area (Å²) < 4.78 is 22.0. The highest BCUT2D eigenvalue weighted by Gasteiger charge is 2.16. The van der Waals surface area contributed by atoms with Crippen LogP contribution < -0.4 is 5.73 Å². The van der Waals surface area contributed by atoms with E-state index in [9.17, 15) is 13.2 Å². The molecule has 0 fully saturated rings. The van der Waals surface area contributed by atoms with Gasteiger partial charge in [0.05, 0.1) is 16.3 Å². The molecule has 0 aromatic heterocycles. The molecule has 0 radical (unpaired) electrons. The number of benzene rings is 1. The van der Waals surface area contributed by atoms with E-state index in [-0.39, 0.29) is 27.8 Å². The van der Waals surface area contributed by atoms with Crippen LogP contribution in [0.2, 0.25) is 5.02 Å². The van der Waals surface area contributed by atoms with Crippen molar-refractivity contribution >= 4 is 44.9 Å². The van der Waals surface area contributed by atoms with E-state index in [1.807, 2.05) is 0 Å². The number of nitrogen functional groups attached to an aromatic ring is 1. The van der Waals surface area contributed by atoms with Gasteiger partial charge in [0, 0.05) is 22.6 Å². The smallest absolute Gasteiger partial charge is 0.336 e. The van der Waals surface area contributed by atoms with Crippen LogP contribution in [0.4, 0.5) is 5.69 Å². The summed E-state index contributed by atoms with van der Waals surface area (Å²) in [5, 5.41) is 9.24. The van der Waals surface area contributed by atoms with Gasteiger partial charge in [-0.3, -0.25) is 0 Å². The Morgan fingerprint density at radius 2 is 2.11 bits per heavy atom. The monoisotopic (exact) mass is 309 g/mol. The number of rotatable bonds is 5. The summed E-state index contributed by atoms with van der Waals surface area (Å²) in [6.45, 7) is 0. The molecule has 0 atom stereocenters. The molecule has 0 saturated carbocycles. The van der Waals surface area contributed by atoms with E-state index in [0.717, 1.165) is 18.0 Å². The van der Waals surface area contributed by atoms with Gasteiger partial charge in [0.1, 0.15) is 9.84 Å². The number of hydrogen-bond acceptors (Lipinski definition) is 5. The fourth-order valence-electron chi connectivity index (χ4n) is 1.22. The normalized spacial score (nSPS) is 11.4. The molecule has 3 N–H and O–H groups in total. The van der Waals surface area contributed by atoms with Crippen molar-refractivity contribution in [2.24, 2.45) is 0 Å². The van der Waals surface area contributed by atoms with Crippen LogP contribution in [0.1, 0.15) is 10.4 Å². The molecule has 0 aliphatic carbocycles. The Balaban J connectivity index is 2.97. The summed E-state index contributed by atoms with van der Waals surface area (Å²) >= 11 is 7.01. The Kier molecular flexibility index (Phi) is 4.89. The molecule has 0 bridgehead atoms. The summed E-state index contributed by atoms with van der Waals surface area (Å²) in [4.78, 5) is 11.4. The number of hydrogen-bond donors (Lipinski definition) is 2. The standard InChI is InChI=1S/C10H12ClNO4S2/c1-18(15,16)3-2-17-9-7(10(13)14)4-6(12)5-8(9)11/h4-5H,2-3,12H2,1H3,(H,13,14). The number of nitrogens with two attached hydrogens (primary N) is 1. The zero-order chi connectivity index (χ0) is 13.9. The summed E-state index contributed by atoms with van der Waals surface area (Å²) in [6.07, 6.45) is 1.12. The average Bonchev–Trinajstić information content (AvgIpc) is 2.18. The van der Waals surface area contributed by atoms with Gasteiger partial charge in [-0.15, -0.1) is 11.8 Å². The van der Waals surface area contributed by atoms with Crippen molar-refractivity contribution in [1.29, 1.82) is 0 Å². The van der Waals surface area contributed by atoms with Crippen molar-refractivity contribution in [1.82, 2.24) is 0 Å². The number of carboxylic acids is 1. The maximum atomic E-state index is 11.0. The first-order valence-electron chi connectivity index (χ1n) is 4.83. The average molecular weight is 310 g/mol. The second kappa shape index (κ2) is 5.81. The maximum absolute atomic E-state index is 11.0. The lowest BCUT2D eigenvalue weighted by Gasteiger charge is -2.09. The van der Waals surface area contributed by atoms with Crippen LogP contribution in [-0.4, -0.2) is 37.3 Å². The zero-order valence-corrected chi connectivity index (χ0v) is 11.9. The molecular weight excluding hydrogens is 298 g/mol. The number of carboxylic acid groups (broad SMARTS) is 1. The summed E-state index contributed by atoms with van der Waals surface area (Å²) in [6, 6.07) is 2.74. The molecule has 100 valence electrons. The van der Waals surface area contributed by atoms with Crippen LogP contribution in [0.3, 0.4) is 0 Å². The molecule has 5 nitrogen and oxygen atoms in total. The van der Waals surface area contributed by atoms with Gasteiger partial charge in [0.15, 0.2) is 0 Å². The number of aromatic carboxylic acids is 1. The highest BCUT2D eigenvalue weighted by molar-refractivity contribution is 8.00. The molecule has 0 amide bonds. The van der Waals surface area contributed by atoms with Crippen molar-refractivity contribution in [3.05, 3.63) is 22.7 Å². The molecule has 1 aromatic rings. The fourth-order valence-corrected chi connectivity index (χ4v) is 3.85. The third-order valence-electron chi connectivity index (χ3n) is 2.00. The minimum atomic E-state index is -3.08. The highest BCUT2D eigenvalue weighted by Crippen LogP contribution is 2.33. The van der Waals surface area contributed by atoms with Crippen molar-refractivity contribution in [3.63, 3.8) is 0 Å². The molecule has 0 spiro atoms. The van der Waals surface area contributed by atoms with Gasteiger partial charge in [-0.05, 0) is 12.1 Å². The lowest BCUT2D eigenvalue weighted by Crippen LogP contribution is -2.07. The topological polar surface area (TPSA) is 97.5 Å². The quantitative estimate of drug-likeness (QED) is 0.635. The number of thioether (sulfide) groups is 1. The molecule has 0 aliphatic heterocycles. The zero-order valence-electron chi connectivity index (χ0n) is 9.51. The molecule has 0 heterocycles. The molecule has 18 heavy (non-hydrogen) atoms. The third kappa shape index (κ3) is 4.40. The van der Waals surface area contributed by atoms with Gasteiger partial charge in [0.25, 0.3) is 0 Å². The van der Waals surface area contributed by atoms with E-state index >= 15 is 0 Å². The van der Waals surface area contributed by atoms with Gasteiger partial charge < -0.3 is 10.8 Å². The molecule has 8 heteroatoms. The minimum Gasteiger partial charge on any atom is -0.478 e. The summed E-state index contributed by atoms with van der Waals surface area (Å²) in [5.74, 6) is -0.953. The predicted molar refractivity (Wildman–Crippen MR) is 73.3 cm³/mol. The molecule has 1 rings (SSSR count). The van der Waals surface area contributed by atoms with E-state index in [1.54, 1.807) is 0 Å². The van der Waals surface area contributed by atoms with Gasteiger partial charge in [-0.1, -0.05) is 11.6 Å². The second-order valence-corrected chi connectivity index (χ2v) is 7.44.